The number of halogens is 1. The lowest BCUT2D eigenvalue weighted by Gasteiger charge is -2.20. The Balaban J connectivity index is 1.96. The number of aliphatic carboxylic acids is 1. The number of carbonyl (C=O) groups is 2. The number of carboxylic acid groups (broad SMARTS) is 1. The third-order valence-electron chi connectivity index (χ3n) is 5.96. The van der Waals surface area contributed by atoms with Crippen molar-refractivity contribution in [2.24, 2.45) is 5.92 Å². The average Bonchev–Trinajstić information content (AvgIpc) is 3.29. The summed E-state index contributed by atoms with van der Waals surface area (Å²) in [6.45, 7) is 1.78. The standard InChI is InChI=1S/C23H22ClNO4/c1-13-20(21(23(28)29)14-5-2-3-6-14)18-12-17(26)9-10-19(18)25(13)22(27)15-7-4-8-16(24)11-15/h4,7-12,14,21,26H,2-3,5-6H2,1H3,(H,28,29). The molecule has 4 rings (SSSR count). The Morgan fingerprint density at radius 1 is 1.14 bits per heavy atom. The maximum absolute atomic E-state index is 13.3. The van der Waals surface area contributed by atoms with Crippen LogP contribution in [-0.2, 0) is 4.79 Å². The van der Waals surface area contributed by atoms with E-state index in [4.69, 9.17) is 11.6 Å². The molecule has 1 saturated carbocycles. The maximum Gasteiger partial charge on any atom is 0.311 e. The fourth-order valence-electron chi connectivity index (χ4n) is 4.69. The fourth-order valence-corrected chi connectivity index (χ4v) is 4.88. The number of benzene rings is 2. The van der Waals surface area contributed by atoms with Crippen LogP contribution >= 0.6 is 11.6 Å². The molecule has 1 atom stereocenters. The molecule has 0 radical (unpaired) electrons. The van der Waals surface area contributed by atoms with Crippen LogP contribution in [0.1, 0.15) is 53.2 Å². The Hall–Kier alpha value is -2.79. The van der Waals surface area contributed by atoms with Crippen molar-refractivity contribution < 1.29 is 19.8 Å². The first-order valence-electron chi connectivity index (χ1n) is 9.75. The topological polar surface area (TPSA) is 79.5 Å². The summed E-state index contributed by atoms with van der Waals surface area (Å²) < 4.78 is 1.54. The summed E-state index contributed by atoms with van der Waals surface area (Å²) in [7, 11) is 0. The van der Waals surface area contributed by atoms with Gasteiger partial charge in [0, 0.05) is 21.7 Å². The van der Waals surface area contributed by atoms with Crippen molar-refractivity contribution in [2.75, 3.05) is 0 Å². The SMILES string of the molecule is Cc1c(C(C(=O)O)C2CCCC2)c2cc(O)ccc2n1C(=O)c1cccc(Cl)c1. The summed E-state index contributed by atoms with van der Waals surface area (Å²) in [6, 6.07) is 11.4. The Morgan fingerprint density at radius 2 is 1.86 bits per heavy atom. The molecule has 2 aromatic carbocycles. The van der Waals surface area contributed by atoms with Crippen LogP contribution in [0.2, 0.25) is 5.02 Å². The number of hydrogen-bond donors (Lipinski definition) is 2. The van der Waals surface area contributed by atoms with E-state index in [0.717, 1.165) is 25.7 Å². The molecule has 1 aliphatic carbocycles. The number of aromatic nitrogens is 1. The molecule has 1 heterocycles. The van der Waals surface area contributed by atoms with Gasteiger partial charge in [0.15, 0.2) is 0 Å². The molecular weight excluding hydrogens is 390 g/mol. The van der Waals surface area contributed by atoms with Crippen LogP contribution < -0.4 is 0 Å². The third-order valence-corrected chi connectivity index (χ3v) is 6.19. The van der Waals surface area contributed by atoms with E-state index in [1.165, 1.54) is 6.07 Å². The lowest BCUT2D eigenvalue weighted by Crippen LogP contribution is -2.21. The van der Waals surface area contributed by atoms with Crippen molar-refractivity contribution >= 4 is 34.4 Å². The number of phenols is 1. The largest absolute Gasteiger partial charge is 0.508 e. The van der Waals surface area contributed by atoms with Gasteiger partial charge in [0.2, 0.25) is 0 Å². The van der Waals surface area contributed by atoms with Gasteiger partial charge in [-0.25, -0.2) is 0 Å². The first kappa shape index (κ1) is 19.5. The second-order valence-electron chi connectivity index (χ2n) is 7.71. The molecular formula is C23H22ClNO4. The summed E-state index contributed by atoms with van der Waals surface area (Å²) in [6.07, 6.45) is 3.73. The molecule has 0 bridgehead atoms. The number of carboxylic acids is 1. The summed E-state index contributed by atoms with van der Waals surface area (Å²) in [5.41, 5.74) is 2.22. The molecule has 1 aromatic heterocycles. The van der Waals surface area contributed by atoms with Crippen LogP contribution in [0.5, 0.6) is 5.75 Å². The van der Waals surface area contributed by atoms with Gasteiger partial charge in [0.1, 0.15) is 5.75 Å². The highest BCUT2D eigenvalue weighted by Crippen LogP contribution is 2.43. The van der Waals surface area contributed by atoms with Gasteiger partial charge >= 0.3 is 5.97 Å². The predicted molar refractivity (Wildman–Crippen MR) is 112 cm³/mol. The molecule has 2 N–H and O–H groups in total. The van der Waals surface area contributed by atoms with Gasteiger partial charge < -0.3 is 10.2 Å². The Kier molecular flexibility index (Phi) is 5.09. The summed E-state index contributed by atoms with van der Waals surface area (Å²) in [4.78, 5) is 25.6. The minimum absolute atomic E-state index is 0.0221. The minimum atomic E-state index is -0.891. The molecule has 3 aromatic rings. The van der Waals surface area contributed by atoms with E-state index in [0.29, 0.717) is 32.7 Å². The zero-order valence-corrected chi connectivity index (χ0v) is 16.8. The number of rotatable bonds is 4. The van der Waals surface area contributed by atoms with Gasteiger partial charge in [-0.2, -0.15) is 0 Å². The highest BCUT2D eigenvalue weighted by Gasteiger charge is 2.36. The van der Waals surface area contributed by atoms with E-state index in [-0.39, 0.29) is 17.6 Å². The molecule has 0 amide bonds. The number of nitrogens with zero attached hydrogens (tertiary/aromatic N) is 1. The first-order valence-corrected chi connectivity index (χ1v) is 10.1. The molecule has 0 saturated heterocycles. The minimum Gasteiger partial charge on any atom is -0.508 e. The van der Waals surface area contributed by atoms with E-state index in [2.05, 4.69) is 0 Å². The van der Waals surface area contributed by atoms with E-state index in [1.807, 2.05) is 0 Å². The number of fused-ring (bicyclic) bond motifs is 1. The van der Waals surface area contributed by atoms with Crippen LogP contribution in [0, 0.1) is 12.8 Å². The lowest BCUT2D eigenvalue weighted by molar-refractivity contribution is -0.140. The number of aromatic hydroxyl groups is 1. The van der Waals surface area contributed by atoms with Crippen LogP contribution in [0.15, 0.2) is 42.5 Å². The van der Waals surface area contributed by atoms with Crippen LogP contribution in [0.4, 0.5) is 0 Å². The molecule has 1 aliphatic rings. The van der Waals surface area contributed by atoms with Gasteiger partial charge in [-0.1, -0.05) is 30.5 Å². The predicted octanol–water partition coefficient (Wildman–Crippen LogP) is 5.36. The lowest BCUT2D eigenvalue weighted by atomic mass is 9.83. The summed E-state index contributed by atoms with van der Waals surface area (Å²) >= 11 is 6.07. The quantitative estimate of drug-likeness (QED) is 0.606. The molecule has 1 fully saturated rings. The molecule has 0 spiro atoms. The summed E-state index contributed by atoms with van der Waals surface area (Å²) in [5.74, 6) is -1.81. The normalized spacial score (nSPS) is 15.7. The van der Waals surface area contributed by atoms with Gasteiger partial charge in [-0.3, -0.25) is 14.2 Å². The van der Waals surface area contributed by atoms with Crippen LogP contribution in [0.25, 0.3) is 10.9 Å². The van der Waals surface area contributed by atoms with Gasteiger partial charge in [-0.05, 0) is 67.6 Å². The zero-order valence-electron chi connectivity index (χ0n) is 16.1. The Morgan fingerprint density at radius 3 is 2.52 bits per heavy atom. The molecule has 1 unspecified atom stereocenters. The molecule has 29 heavy (non-hydrogen) atoms. The monoisotopic (exact) mass is 411 g/mol. The molecule has 6 heteroatoms. The van der Waals surface area contributed by atoms with Gasteiger partial charge in [0.05, 0.1) is 11.4 Å². The van der Waals surface area contributed by atoms with Crippen molar-refractivity contribution in [1.29, 1.82) is 0 Å². The maximum atomic E-state index is 13.3. The van der Waals surface area contributed by atoms with E-state index in [9.17, 15) is 19.8 Å². The second-order valence-corrected chi connectivity index (χ2v) is 8.15. The number of carbonyl (C=O) groups excluding carboxylic acids is 1. The smallest absolute Gasteiger partial charge is 0.311 e. The van der Waals surface area contributed by atoms with Crippen molar-refractivity contribution in [3.05, 3.63) is 64.3 Å². The van der Waals surface area contributed by atoms with Crippen molar-refractivity contribution in [3.63, 3.8) is 0 Å². The van der Waals surface area contributed by atoms with Crippen molar-refractivity contribution in [2.45, 2.75) is 38.5 Å². The van der Waals surface area contributed by atoms with Crippen molar-refractivity contribution in [1.82, 2.24) is 4.57 Å². The summed E-state index contributed by atoms with van der Waals surface area (Å²) in [5, 5.41) is 21.2. The third kappa shape index (κ3) is 3.40. The highest BCUT2D eigenvalue weighted by molar-refractivity contribution is 6.31. The molecule has 0 aliphatic heterocycles. The van der Waals surface area contributed by atoms with Gasteiger partial charge in [-0.15, -0.1) is 0 Å². The van der Waals surface area contributed by atoms with E-state index < -0.39 is 11.9 Å². The number of hydrogen-bond acceptors (Lipinski definition) is 3. The molecule has 5 nitrogen and oxygen atoms in total. The highest BCUT2D eigenvalue weighted by atomic mass is 35.5. The number of phenolic OH excluding ortho intramolecular Hbond substituents is 1. The van der Waals surface area contributed by atoms with E-state index >= 15 is 0 Å². The Bertz CT molecular complexity index is 1110. The molecule has 150 valence electrons. The van der Waals surface area contributed by atoms with Gasteiger partial charge in [0.25, 0.3) is 5.91 Å². The van der Waals surface area contributed by atoms with Crippen LogP contribution in [0.3, 0.4) is 0 Å². The van der Waals surface area contributed by atoms with Crippen LogP contribution in [-0.4, -0.2) is 26.7 Å². The van der Waals surface area contributed by atoms with Crippen molar-refractivity contribution in [3.8, 4) is 5.75 Å². The second kappa shape index (κ2) is 7.56. The fraction of sp³-hybridized carbons (Fsp3) is 0.304. The van der Waals surface area contributed by atoms with E-state index in [1.54, 1.807) is 47.9 Å². The average molecular weight is 412 g/mol. The first-order chi connectivity index (χ1) is 13.9. The zero-order chi connectivity index (χ0) is 20.7. The Labute approximate surface area is 173 Å².